The molecule has 6 nitrogen and oxygen atoms in total. The highest BCUT2D eigenvalue weighted by atomic mass is 35.5. The maximum Gasteiger partial charge on any atom is 0.164 e. The predicted molar refractivity (Wildman–Crippen MR) is 106 cm³/mol. The van der Waals surface area contributed by atoms with Crippen molar-refractivity contribution in [1.29, 1.82) is 0 Å². The fourth-order valence-electron chi connectivity index (χ4n) is 4.88. The van der Waals surface area contributed by atoms with Gasteiger partial charge in [0.1, 0.15) is 16.8 Å². The summed E-state index contributed by atoms with van der Waals surface area (Å²) in [5.41, 5.74) is 4.51. The van der Waals surface area contributed by atoms with Crippen molar-refractivity contribution in [2.75, 3.05) is 0 Å². The Labute approximate surface area is 165 Å². The molecule has 0 saturated heterocycles. The summed E-state index contributed by atoms with van der Waals surface area (Å²) >= 11 is 6.52. The SMILES string of the molecule is O[C@H]1[C@H](n2cnc3c4[nH]c(Cc5ccccc5)cc4c(Cl)nc32)[C@H]2CC2[C@H]1O. The minimum absolute atomic E-state index is 0.180. The molecule has 2 aliphatic carbocycles. The van der Waals surface area contributed by atoms with Crippen molar-refractivity contribution in [3.8, 4) is 0 Å². The first-order valence-electron chi connectivity index (χ1n) is 9.55. The van der Waals surface area contributed by atoms with E-state index in [1.807, 2.05) is 28.8 Å². The molecule has 0 spiro atoms. The van der Waals surface area contributed by atoms with Gasteiger partial charge in [0, 0.05) is 17.5 Å². The highest BCUT2D eigenvalue weighted by Crippen LogP contribution is 2.58. The normalized spacial score (nSPS) is 28.9. The van der Waals surface area contributed by atoms with E-state index in [0.717, 1.165) is 35.0 Å². The summed E-state index contributed by atoms with van der Waals surface area (Å²) in [5.74, 6) is 0.454. The van der Waals surface area contributed by atoms with Gasteiger partial charge in [0.15, 0.2) is 5.65 Å². The van der Waals surface area contributed by atoms with E-state index in [-0.39, 0.29) is 17.9 Å². The Balaban J connectivity index is 1.46. The summed E-state index contributed by atoms with van der Waals surface area (Å²) in [5, 5.41) is 21.9. The Morgan fingerprint density at radius 3 is 2.71 bits per heavy atom. The molecule has 2 aliphatic rings. The number of aliphatic hydroxyl groups is 2. The van der Waals surface area contributed by atoms with Crippen LogP contribution in [0.5, 0.6) is 0 Å². The van der Waals surface area contributed by atoms with Gasteiger partial charge in [0.05, 0.1) is 24.0 Å². The second-order valence-electron chi connectivity index (χ2n) is 8.01. The number of aromatic amines is 1. The number of aliphatic hydroxyl groups excluding tert-OH is 2. The zero-order chi connectivity index (χ0) is 19.0. The molecule has 2 fully saturated rings. The van der Waals surface area contributed by atoms with Crippen LogP contribution in [0.1, 0.15) is 23.7 Å². The molecule has 1 unspecified atom stereocenters. The average Bonchev–Trinajstić information content (AvgIpc) is 3.06. The minimum atomic E-state index is -0.797. The van der Waals surface area contributed by atoms with Crippen LogP contribution in [-0.2, 0) is 6.42 Å². The number of benzene rings is 1. The molecule has 3 heterocycles. The van der Waals surface area contributed by atoms with Crippen LogP contribution in [0, 0.1) is 11.8 Å². The van der Waals surface area contributed by atoms with Crippen molar-refractivity contribution in [2.24, 2.45) is 11.8 Å². The minimum Gasteiger partial charge on any atom is -0.390 e. The van der Waals surface area contributed by atoms with Crippen LogP contribution in [0.15, 0.2) is 42.7 Å². The first-order valence-corrected chi connectivity index (χ1v) is 9.93. The number of nitrogens with zero attached hydrogens (tertiary/aromatic N) is 3. The van der Waals surface area contributed by atoms with Crippen molar-refractivity contribution in [1.82, 2.24) is 19.5 Å². The summed E-state index contributed by atoms with van der Waals surface area (Å²) in [6, 6.07) is 12.1. The van der Waals surface area contributed by atoms with Gasteiger partial charge in [-0.15, -0.1) is 0 Å². The molecule has 142 valence electrons. The monoisotopic (exact) mass is 394 g/mol. The smallest absolute Gasteiger partial charge is 0.164 e. The second kappa shape index (κ2) is 5.80. The number of hydrogen-bond donors (Lipinski definition) is 3. The summed E-state index contributed by atoms with van der Waals surface area (Å²) in [6.07, 6.45) is 1.95. The Bertz CT molecular complexity index is 1200. The van der Waals surface area contributed by atoms with Gasteiger partial charge in [-0.1, -0.05) is 41.9 Å². The molecular weight excluding hydrogens is 376 g/mol. The lowest BCUT2D eigenvalue weighted by molar-refractivity contribution is 0.00387. The molecule has 0 bridgehead atoms. The molecular formula is C21H19ClN4O2. The molecule has 1 aromatic carbocycles. The number of H-pyrrole nitrogens is 1. The Kier molecular flexibility index (Phi) is 3.42. The number of nitrogens with one attached hydrogen (secondary N) is 1. The van der Waals surface area contributed by atoms with E-state index in [2.05, 4.69) is 27.1 Å². The number of aromatic nitrogens is 4. The van der Waals surface area contributed by atoms with Gasteiger partial charge in [-0.2, -0.15) is 0 Å². The van der Waals surface area contributed by atoms with Crippen molar-refractivity contribution >= 4 is 33.7 Å². The molecule has 0 amide bonds. The first kappa shape index (κ1) is 16.5. The fraction of sp³-hybridized carbons (Fsp3) is 0.333. The van der Waals surface area contributed by atoms with E-state index in [4.69, 9.17) is 11.6 Å². The van der Waals surface area contributed by atoms with Gasteiger partial charge in [-0.05, 0) is 29.9 Å². The van der Waals surface area contributed by atoms with Crippen molar-refractivity contribution in [3.63, 3.8) is 0 Å². The van der Waals surface area contributed by atoms with E-state index in [0.29, 0.717) is 10.8 Å². The van der Waals surface area contributed by atoms with E-state index < -0.39 is 12.2 Å². The molecule has 3 aromatic heterocycles. The third kappa shape index (κ3) is 2.28. The Hall–Kier alpha value is -2.41. The number of fused-ring (bicyclic) bond motifs is 4. The number of rotatable bonds is 3. The van der Waals surface area contributed by atoms with Crippen LogP contribution in [-0.4, -0.2) is 41.9 Å². The molecule has 6 rings (SSSR count). The Morgan fingerprint density at radius 1 is 1.14 bits per heavy atom. The van der Waals surface area contributed by atoms with Gasteiger partial charge in [-0.25, -0.2) is 9.97 Å². The molecule has 5 atom stereocenters. The van der Waals surface area contributed by atoms with Crippen LogP contribution < -0.4 is 0 Å². The van der Waals surface area contributed by atoms with Gasteiger partial charge in [0.2, 0.25) is 0 Å². The lowest BCUT2D eigenvalue weighted by atomic mass is 10.1. The lowest BCUT2D eigenvalue weighted by Crippen LogP contribution is -2.31. The third-order valence-electron chi connectivity index (χ3n) is 6.33. The molecule has 0 radical (unpaired) electrons. The molecule has 4 aromatic rings. The summed E-state index contributed by atoms with van der Waals surface area (Å²) in [6.45, 7) is 0. The van der Waals surface area contributed by atoms with Crippen molar-refractivity contribution in [2.45, 2.75) is 31.1 Å². The predicted octanol–water partition coefficient (Wildman–Crippen LogP) is 3.07. The number of halogens is 1. The van der Waals surface area contributed by atoms with Crippen molar-refractivity contribution < 1.29 is 10.2 Å². The zero-order valence-electron chi connectivity index (χ0n) is 15.0. The van der Waals surface area contributed by atoms with Crippen LogP contribution in [0.3, 0.4) is 0 Å². The van der Waals surface area contributed by atoms with E-state index in [9.17, 15) is 10.2 Å². The highest BCUT2D eigenvalue weighted by Gasteiger charge is 2.60. The first-order chi connectivity index (χ1) is 13.6. The van der Waals surface area contributed by atoms with Crippen molar-refractivity contribution in [3.05, 3.63) is 59.1 Å². The average molecular weight is 395 g/mol. The van der Waals surface area contributed by atoms with Crippen LogP contribution in [0.2, 0.25) is 5.15 Å². The van der Waals surface area contributed by atoms with Gasteiger partial charge in [0.25, 0.3) is 0 Å². The zero-order valence-corrected chi connectivity index (χ0v) is 15.7. The summed E-state index contributed by atoms with van der Waals surface area (Å²) in [4.78, 5) is 12.6. The number of hydrogen-bond acceptors (Lipinski definition) is 4. The molecule has 28 heavy (non-hydrogen) atoms. The second-order valence-corrected chi connectivity index (χ2v) is 8.37. The van der Waals surface area contributed by atoms with Gasteiger partial charge < -0.3 is 19.8 Å². The van der Waals surface area contributed by atoms with Crippen LogP contribution in [0.4, 0.5) is 0 Å². The molecule has 3 N–H and O–H groups in total. The van der Waals surface area contributed by atoms with Crippen LogP contribution in [0.25, 0.3) is 22.1 Å². The highest BCUT2D eigenvalue weighted by molar-refractivity contribution is 6.35. The largest absolute Gasteiger partial charge is 0.390 e. The van der Waals surface area contributed by atoms with Gasteiger partial charge in [-0.3, -0.25) is 0 Å². The topological polar surface area (TPSA) is 87.0 Å². The fourth-order valence-corrected chi connectivity index (χ4v) is 5.11. The molecule has 2 saturated carbocycles. The number of imidazole rings is 1. The lowest BCUT2D eigenvalue weighted by Gasteiger charge is -2.22. The van der Waals surface area contributed by atoms with E-state index >= 15 is 0 Å². The maximum absolute atomic E-state index is 10.5. The van der Waals surface area contributed by atoms with Gasteiger partial charge >= 0.3 is 0 Å². The summed E-state index contributed by atoms with van der Waals surface area (Å²) in [7, 11) is 0. The maximum atomic E-state index is 10.5. The molecule has 7 heteroatoms. The Morgan fingerprint density at radius 2 is 1.96 bits per heavy atom. The number of pyridine rings is 1. The molecule has 0 aliphatic heterocycles. The third-order valence-corrected chi connectivity index (χ3v) is 6.62. The van der Waals surface area contributed by atoms with E-state index in [1.165, 1.54) is 5.56 Å². The summed E-state index contributed by atoms with van der Waals surface area (Å²) < 4.78 is 1.89. The quantitative estimate of drug-likeness (QED) is 0.466. The van der Waals surface area contributed by atoms with Crippen LogP contribution >= 0.6 is 11.6 Å². The van der Waals surface area contributed by atoms with E-state index in [1.54, 1.807) is 6.33 Å². The standard InChI is InChI=1S/C21H19ClN4O2/c22-20-14-7-11(6-10-4-2-1-3-5-10)24-15(14)16-21(25-20)26(9-23-16)17-12-8-13(12)18(27)19(17)28/h1-5,7,9,12-13,17-19,24,27-28H,6,8H2/t12-,13?,17+,18+,19-/m0/s1.